The monoisotopic (exact) mass is 503 g/mol. The minimum absolute atomic E-state index is 0.0658. The maximum absolute atomic E-state index is 13.3. The molecule has 0 saturated heterocycles. The number of aryl methyl sites for hydroxylation is 1. The summed E-state index contributed by atoms with van der Waals surface area (Å²) in [6.45, 7) is 4.02. The van der Waals surface area contributed by atoms with E-state index in [1.807, 2.05) is 79.7 Å². The van der Waals surface area contributed by atoms with Crippen LogP contribution in [-0.2, 0) is 0 Å². The zero-order valence-corrected chi connectivity index (χ0v) is 21.4. The first-order chi connectivity index (χ1) is 18.5. The van der Waals surface area contributed by atoms with Crippen molar-refractivity contribution in [1.29, 1.82) is 0 Å². The normalized spacial score (nSPS) is 11.8. The Hall–Kier alpha value is -4.71. The maximum Gasteiger partial charge on any atom is 0.336 e. The number of carbonyl (C=O) groups excluding carboxylic acids is 1. The Balaban J connectivity index is 1.55. The Labute approximate surface area is 221 Å². The van der Waals surface area contributed by atoms with Crippen LogP contribution < -0.4 is 5.32 Å². The Kier molecular flexibility index (Phi) is 7.05. The number of nitrogens with zero attached hydrogens (tertiary/aromatic N) is 1. The average Bonchev–Trinajstić information content (AvgIpc) is 3.37. The number of carbonyl (C=O) groups is 2. The van der Waals surface area contributed by atoms with Crippen molar-refractivity contribution in [2.24, 2.45) is 0 Å². The molecule has 6 nitrogen and oxygen atoms in total. The first-order valence-electron chi connectivity index (χ1n) is 12.7. The summed E-state index contributed by atoms with van der Waals surface area (Å²) in [5.74, 6) is -0.737. The van der Waals surface area contributed by atoms with Gasteiger partial charge in [0.2, 0.25) is 0 Å². The molecule has 0 radical (unpaired) electrons. The second-order valence-electron chi connectivity index (χ2n) is 9.39. The van der Waals surface area contributed by atoms with Crippen molar-refractivity contribution in [1.82, 2.24) is 15.3 Å². The van der Waals surface area contributed by atoms with Crippen LogP contribution in [0.1, 0.15) is 57.7 Å². The highest BCUT2D eigenvalue weighted by molar-refractivity contribution is 6.03. The lowest BCUT2D eigenvalue weighted by Gasteiger charge is -2.19. The van der Waals surface area contributed by atoms with E-state index in [2.05, 4.69) is 17.2 Å². The highest BCUT2D eigenvalue weighted by Crippen LogP contribution is 2.36. The number of carboxylic acids is 1. The molecule has 0 aliphatic carbocycles. The van der Waals surface area contributed by atoms with Gasteiger partial charge in [-0.3, -0.25) is 4.79 Å². The fraction of sp³-hybridized carbons (Fsp3) is 0.156. The number of benzene rings is 4. The minimum Gasteiger partial charge on any atom is -0.478 e. The summed E-state index contributed by atoms with van der Waals surface area (Å²) in [6, 6.07) is 28.1. The van der Waals surface area contributed by atoms with Gasteiger partial charge in [-0.25, -0.2) is 9.78 Å². The van der Waals surface area contributed by atoms with Gasteiger partial charge in [0.15, 0.2) is 0 Å². The fourth-order valence-corrected chi connectivity index (χ4v) is 4.92. The van der Waals surface area contributed by atoms with E-state index in [0.29, 0.717) is 17.0 Å². The highest BCUT2D eigenvalue weighted by atomic mass is 16.4. The third-order valence-electron chi connectivity index (χ3n) is 6.78. The number of fused-ring (bicyclic) bond motifs is 1. The van der Waals surface area contributed by atoms with Gasteiger partial charge in [-0.05, 0) is 59.9 Å². The van der Waals surface area contributed by atoms with E-state index in [1.54, 1.807) is 12.1 Å². The maximum atomic E-state index is 13.3. The number of amides is 1. The van der Waals surface area contributed by atoms with E-state index >= 15 is 0 Å². The summed E-state index contributed by atoms with van der Waals surface area (Å²) in [6.07, 6.45) is 1.68. The van der Waals surface area contributed by atoms with Crippen LogP contribution in [0.3, 0.4) is 0 Å². The quantitative estimate of drug-likeness (QED) is 0.209. The van der Waals surface area contributed by atoms with Crippen LogP contribution in [-0.4, -0.2) is 27.0 Å². The number of carboxylic acid groups (broad SMARTS) is 1. The van der Waals surface area contributed by atoms with Crippen LogP contribution in [0.2, 0.25) is 0 Å². The van der Waals surface area contributed by atoms with Crippen LogP contribution >= 0.6 is 0 Å². The third kappa shape index (κ3) is 4.93. The molecule has 0 bridgehead atoms. The lowest BCUT2D eigenvalue weighted by atomic mass is 9.90. The molecule has 4 aromatic carbocycles. The topological polar surface area (TPSA) is 95.1 Å². The van der Waals surface area contributed by atoms with Crippen LogP contribution in [0.15, 0.2) is 91.0 Å². The zero-order valence-electron chi connectivity index (χ0n) is 21.4. The molecule has 6 heteroatoms. The van der Waals surface area contributed by atoms with Crippen molar-refractivity contribution < 1.29 is 14.7 Å². The number of aromatic nitrogens is 2. The molecular formula is C32H29N3O3. The number of aromatic carboxylic acids is 1. The Bertz CT molecular complexity index is 1590. The van der Waals surface area contributed by atoms with Gasteiger partial charge in [0.25, 0.3) is 5.91 Å². The number of imidazole rings is 1. The summed E-state index contributed by atoms with van der Waals surface area (Å²) in [5.41, 5.74) is 6.15. The molecule has 1 heterocycles. The summed E-state index contributed by atoms with van der Waals surface area (Å²) in [7, 11) is 0. The van der Waals surface area contributed by atoms with Gasteiger partial charge >= 0.3 is 5.97 Å². The number of para-hydroxylation sites is 2. The second-order valence-corrected chi connectivity index (χ2v) is 9.39. The molecular weight excluding hydrogens is 474 g/mol. The van der Waals surface area contributed by atoms with Gasteiger partial charge in [-0.2, -0.15) is 0 Å². The number of nitrogens with one attached hydrogen (secondary N) is 2. The molecule has 1 aromatic heterocycles. The first-order valence-corrected chi connectivity index (χ1v) is 12.7. The molecule has 0 aliphatic rings. The molecule has 190 valence electrons. The van der Waals surface area contributed by atoms with Crippen LogP contribution in [0, 0.1) is 6.92 Å². The average molecular weight is 504 g/mol. The molecule has 1 amide bonds. The molecule has 38 heavy (non-hydrogen) atoms. The van der Waals surface area contributed by atoms with Crippen LogP contribution in [0.25, 0.3) is 33.5 Å². The van der Waals surface area contributed by atoms with E-state index in [-0.39, 0.29) is 17.5 Å². The van der Waals surface area contributed by atoms with Gasteiger partial charge < -0.3 is 15.4 Å². The standard InChI is InChI=1S/C32H29N3O3/c1-3-10-26(21-12-5-4-6-13-21)35-31(36)22-17-18-23(25(19-22)32(37)38)29-20(2)11-9-14-24(29)30-33-27-15-7-8-16-28(27)34-30/h4-9,11-19,26H,3,10H2,1-2H3,(H,33,34)(H,35,36)(H,37,38)/t26-/m1/s1. The fourth-order valence-electron chi connectivity index (χ4n) is 4.92. The molecule has 0 fully saturated rings. The Morgan fingerprint density at radius 1 is 0.921 bits per heavy atom. The largest absolute Gasteiger partial charge is 0.478 e. The Morgan fingerprint density at radius 2 is 1.68 bits per heavy atom. The van der Waals surface area contributed by atoms with E-state index < -0.39 is 5.97 Å². The molecule has 5 aromatic rings. The molecule has 1 atom stereocenters. The van der Waals surface area contributed by atoms with Crippen LogP contribution in [0.5, 0.6) is 0 Å². The summed E-state index contributed by atoms with van der Waals surface area (Å²) in [4.78, 5) is 33.8. The van der Waals surface area contributed by atoms with Crippen molar-refractivity contribution in [2.75, 3.05) is 0 Å². The zero-order chi connectivity index (χ0) is 26.6. The molecule has 0 aliphatic heterocycles. The Morgan fingerprint density at radius 3 is 2.42 bits per heavy atom. The van der Waals surface area contributed by atoms with Gasteiger partial charge in [-0.1, -0.05) is 80.1 Å². The van der Waals surface area contributed by atoms with Crippen molar-refractivity contribution in [3.8, 4) is 22.5 Å². The van der Waals surface area contributed by atoms with Gasteiger partial charge in [0, 0.05) is 11.1 Å². The molecule has 0 saturated carbocycles. The summed E-state index contributed by atoms with van der Waals surface area (Å²) >= 11 is 0. The number of H-pyrrole nitrogens is 1. The van der Waals surface area contributed by atoms with Crippen molar-refractivity contribution in [3.05, 3.63) is 113 Å². The van der Waals surface area contributed by atoms with Crippen molar-refractivity contribution in [3.63, 3.8) is 0 Å². The SMILES string of the molecule is CCC[C@@H](NC(=O)c1ccc(-c2c(C)cccc2-c2nc3ccccc3[nH]2)c(C(=O)O)c1)c1ccccc1. The van der Waals surface area contributed by atoms with Crippen molar-refractivity contribution >= 4 is 22.9 Å². The number of rotatable bonds is 8. The molecule has 0 unspecified atom stereocenters. The first kappa shape index (κ1) is 25.0. The smallest absolute Gasteiger partial charge is 0.336 e. The van der Waals surface area contributed by atoms with Gasteiger partial charge in [0.1, 0.15) is 5.82 Å². The molecule has 3 N–H and O–H groups in total. The van der Waals surface area contributed by atoms with Gasteiger partial charge in [-0.15, -0.1) is 0 Å². The van der Waals surface area contributed by atoms with E-state index in [1.165, 1.54) is 6.07 Å². The van der Waals surface area contributed by atoms with Gasteiger partial charge in [0.05, 0.1) is 22.6 Å². The number of aromatic amines is 1. The second kappa shape index (κ2) is 10.7. The van der Waals surface area contributed by atoms with Crippen LogP contribution in [0.4, 0.5) is 0 Å². The predicted molar refractivity (Wildman–Crippen MR) is 150 cm³/mol. The minimum atomic E-state index is -1.10. The number of hydrogen-bond acceptors (Lipinski definition) is 3. The molecule has 5 rings (SSSR count). The van der Waals surface area contributed by atoms with E-state index in [0.717, 1.165) is 46.1 Å². The van der Waals surface area contributed by atoms with E-state index in [9.17, 15) is 14.7 Å². The summed E-state index contributed by atoms with van der Waals surface area (Å²) in [5, 5.41) is 13.3. The lowest BCUT2D eigenvalue weighted by molar-refractivity contribution is 0.0697. The number of hydrogen-bond donors (Lipinski definition) is 3. The predicted octanol–water partition coefficient (Wildman–Crippen LogP) is 7.17. The van der Waals surface area contributed by atoms with E-state index in [4.69, 9.17) is 4.98 Å². The van der Waals surface area contributed by atoms with Crippen molar-refractivity contribution in [2.45, 2.75) is 32.7 Å². The third-order valence-corrected chi connectivity index (χ3v) is 6.78. The highest BCUT2D eigenvalue weighted by Gasteiger charge is 2.22. The summed E-state index contributed by atoms with van der Waals surface area (Å²) < 4.78 is 0. The molecule has 0 spiro atoms. The lowest BCUT2D eigenvalue weighted by Crippen LogP contribution is -2.28.